The van der Waals surface area contributed by atoms with Gasteiger partial charge in [0, 0.05) is 29.2 Å². The van der Waals surface area contributed by atoms with Gasteiger partial charge in [-0.2, -0.15) is 4.57 Å². The Hall–Kier alpha value is -3.94. The van der Waals surface area contributed by atoms with E-state index in [1.807, 2.05) is 0 Å². The normalized spacial score (nSPS) is 22.6. The molecule has 2 heteroatoms. The number of pyridine rings is 1. The van der Waals surface area contributed by atoms with Crippen molar-refractivity contribution in [3.63, 3.8) is 0 Å². The summed E-state index contributed by atoms with van der Waals surface area (Å²) in [4.78, 5) is 0. The summed E-state index contributed by atoms with van der Waals surface area (Å²) in [5.74, 6) is 0.429. The van der Waals surface area contributed by atoms with Gasteiger partial charge in [-0.1, -0.05) is 102 Å². The summed E-state index contributed by atoms with van der Waals surface area (Å²) in [7, 11) is 2.15. The number of nitrogens with zero attached hydrogens (tertiary/aromatic N) is 1. The van der Waals surface area contributed by atoms with Crippen LogP contribution in [0.5, 0.6) is 0 Å². The third kappa shape index (κ3) is 4.59. The van der Waals surface area contributed by atoms with Crippen molar-refractivity contribution in [2.75, 3.05) is 0 Å². The SMILES string of the molecule is C[n+]1c(C=CC2=C(Cl)C(=CC=C3CC=C4C(=CC=C5C=CC=CC54)C3)CCC2)ccc2c3ccccc3ccc21. The van der Waals surface area contributed by atoms with E-state index in [1.54, 1.807) is 0 Å². The van der Waals surface area contributed by atoms with Crippen LogP contribution in [-0.4, -0.2) is 0 Å². The Balaban J connectivity index is 1.13. The highest BCUT2D eigenvalue weighted by Crippen LogP contribution is 2.41. The molecular formula is C38H33ClN+. The van der Waals surface area contributed by atoms with E-state index in [4.69, 9.17) is 11.6 Å². The molecule has 1 atom stereocenters. The van der Waals surface area contributed by atoms with Crippen LogP contribution in [-0.2, 0) is 7.05 Å². The third-order valence-corrected chi connectivity index (χ3v) is 9.28. The molecule has 0 fully saturated rings. The number of allylic oxidation sites excluding steroid dienone is 17. The molecule has 3 aromatic rings. The van der Waals surface area contributed by atoms with Crippen molar-refractivity contribution in [2.24, 2.45) is 13.0 Å². The highest BCUT2D eigenvalue weighted by atomic mass is 35.5. The summed E-state index contributed by atoms with van der Waals surface area (Å²) in [6.45, 7) is 0. The average molecular weight is 539 g/mol. The molecule has 1 nitrogen and oxygen atoms in total. The maximum Gasteiger partial charge on any atom is 0.213 e. The van der Waals surface area contributed by atoms with Gasteiger partial charge in [0.2, 0.25) is 11.2 Å². The summed E-state index contributed by atoms with van der Waals surface area (Å²) in [5, 5.41) is 4.77. The van der Waals surface area contributed by atoms with Gasteiger partial charge < -0.3 is 0 Å². The number of rotatable bonds is 3. The van der Waals surface area contributed by atoms with Crippen LogP contribution in [0.2, 0.25) is 0 Å². The Kier molecular flexibility index (Phi) is 6.61. The number of benzene rings is 2. The summed E-state index contributed by atoms with van der Waals surface area (Å²) in [6, 6.07) is 17.5. The van der Waals surface area contributed by atoms with Gasteiger partial charge in [0.05, 0.1) is 5.39 Å². The topological polar surface area (TPSA) is 3.88 Å². The van der Waals surface area contributed by atoms with Gasteiger partial charge in [-0.25, -0.2) is 0 Å². The lowest BCUT2D eigenvalue weighted by atomic mass is 9.75. The van der Waals surface area contributed by atoms with Crippen molar-refractivity contribution in [2.45, 2.75) is 32.1 Å². The third-order valence-electron chi connectivity index (χ3n) is 8.80. The van der Waals surface area contributed by atoms with Crippen LogP contribution in [0.3, 0.4) is 0 Å². The maximum atomic E-state index is 7.00. The van der Waals surface area contributed by atoms with Crippen LogP contribution in [0.15, 0.2) is 148 Å². The van der Waals surface area contributed by atoms with Crippen LogP contribution in [0, 0.1) is 5.92 Å². The largest absolute Gasteiger partial charge is 0.213 e. The second-order valence-corrected chi connectivity index (χ2v) is 11.6. The van der Waals surface area contributed by atoms with E-state index in [1.165, 1.54) is 60.8 Å². The molecule has 40 heavy (non-hydrogen) atoms. The Labute approximate surface area is 241 Å². The summed E-state index contributed by atoms with van der Waals surface area (Å²) in [6.07, 6.45) is 30.2. The molecule has 0 saturated heterocycles. The Bertz CT molecular complexity index is 1830. The Morgan fingerprint density at radius 1 is 0.900 bits per heavy atom. The zero-order valence-corrected chi connectivity index (χ0v) is 23.7. The zero-order valence-electron chi connectivity index (χ0n) is 22.9. The molecule has 0 amide bonds. The van der Waals surface area contributed by atoms with Gasteiger partial charge >= 0.3 is 0 Å². The van der Waals surface area contributed by atoms with Crippen molar-refractivity contribution in [1.29, 1.82) is 0 Å². The van der Waals surface area contributed by atoms with E-state index in [9.17, 15) is 0 Å². The number of aryl methyl sites for hydroxylation is 1. The summed E-state index contributed by atoms with van der Waals surface area (Å²) in [5.41, 5.74) is 10.7. The molecule has 0 bridgehead atoms. The van der Waals surface area contributed by atoms with Crippen LogP contribution in [0.4, 0.5) is 0 Å². The molecule has 0 radical (unpaired) electrons. The van der Waals surface area contributed by atoms with E-state index in [-0.39, 0.29) is 0 Å². The molecule has 1 aromatic heterocycles. The highest BCUT2D eigenvalue weighted by Gasteiger charge is 2.25. The fourth-order valence-electron chi connectivity index (χ4n) is 6.55. The van der Waals surface area contributed by atoms with E-state index in [0.29, 0.717) is 5.92 Å². The maximum absolute atomic E-state index is 7.00. The van der Waals surface area contributed by atoms with Gasteiger partial charge in [0.1, 0.15) is 7.05 Å². The molecule has 0 aliphatic heterocycles. The highest BCUT2D eigenvalue weighted by molar-refractivity contribution is 6.32. The zero-order chi connectivity index (χ0) is 27.1. The van der Waals surface area contributed by atoms with Gasteiger partial charge in [-0.3, -0.25) is 0 Å². The second kappa shape index (κ2) is 10.6. The van der Waals surface area contributed by atoms with Crippen LogP contribution < -0.4 is 4.57 Å². The molecular weight excluding hydrogens is 506 g/mol. The van der Waals surface area contributed by atoms with Gasteiger partial charge in [-0.05, 0) is 82.9 Å². The van der Waals surface area contributed by atoms with Crippen molar-refractivity contribution in [3.05, 3.63) is 153 Å². The fraction of sp³-hybridized carbons (Fsp3) is 0.184. The van der Waals surface area contributed by atoms with E-state index in [0.717, 1.165) is 37.1 Å². The summed E-state index contributed by atoms with van der Waals surface area (Å²) >= 11 is 7.00. The Morgan fingerprint density at radius 2 is 1.82 bits per heavy atom. The van der Waals surface area contributed by atoms with E-state index in [2.05, 4.69) is 127 Å². The van der Waals surface area contributed by atoms with Gasteiger partial charge in [0.25, 0.3) is 0 Å². The van der Waals surface area contributed by atoms with Crippen molar-refractivity contribution < 1.29 is 4.57 Å². The molecule has 1 unspecified atom stereocenters. The molecule has 0 spiro atoms. The van der Waals surface area contributed by atoms with E-state index < -0.39 is 0 Å². The molecule has 1 heterocycles. The van der Waals surface area contributed by atoms with Crippen LogP contribution in [0.1, 0.15) is 37.8 Å². The molecule has 0 saturated carbocycles. The second-order valence-electron chi connectivity index (χ2n) is 11.2. The smallest absolute Gasteiger partial charge is 0.195 e. The molecule has 0 N–H and O–H groups in total. The number of halogens is 1. The molecule has 7 rings (SSSR count). The fourth-order valence-corrected chi connectivity index (χ4v) is 6.86. The lowest BCUT2D eigenvalue weighted by Gasteiger charge is -2.29. The van der Waals surface area contributed by atoms with E-state index >= 15 is 0 Å². The average Bonchev–Trinajstić information content (AvgIpc) is 3.00. The molecule has 4 aliphatic carbocycles. The first-order chi connectivity index (χ1) is 19.7. The molecule has 2 aromatic carbocycles. The monoisotopic (exact) mass is 538 g/mol. The number of aromatic nitrogens is 1. The predicted octanol–water partition coefficient (Wildman–Crippen LogP) is 9.69. The van der Waals surface area contributed by atoms with Crippen LogP contribution >= 0.6 is 11.6 Å². The van der Waals surface area contributed by atoms with Crippen LogP contribution in [0.25, 0.3) is 27.8 Å². The van der Waals surface area contributed by atoms with Crippen molar-refractivity contribution in [3.8, 4) is 0 Å². The first kappa shape index (κ1) is 25.1. The van der Waals surface area contributed by atoms with Crippen molar-refractivity contribution >= 4 is 39.4 Å². The van der Waals surface area contributed by atoms with Gasteiger partial charge in [0.15, 0.2) is 0 Å². The number of hydrogen-bond donors (Lipinski definition) is 0. The first-order valence-electron chi connectivity index (χ1n) is 14.4. The minimum Gasteiger partial charge on any atom is -0.195 e. The van der Waals surface area contributed by atoms with Crippen molar-refractivity contribution in [1.82, 2.24) is 0 Å². The number of hydrogen-bond acceptors (Lipinski definition) is 0. The predicted molar refractivity (Wildman–Crippen MR) is 170 cm³/mol. The lowest BCUT2D eigenvalue weighted by Crippen LogP contribution is -2.32. The Morgan fingerprint density at radius 3 is 2.77 bits per heavy atom. The quantitative estimate of drug-likeness (QED) is 0.231. The number of fused-ring (bicyclic) bond motifs is 6. The molecule has 196 valence electrons. The minimum absolute atomic E-state index is 0.429. The first-order valence-corrected chi connectivity index (χ1v) is 14.8. The standard InChI is InChI=1S/C38H33ClN/c1-40-32(21-23-36-34-12-5-3-8-28(34)19-24-37(36)40)20-18-30-10-6-9-29(38(30)39)15-13-26-14-22-35-31(25-26)17-16-27-7-2-4-11-33(27)35/h2-5,7-8,11-13,15-24,33H,6,9-10,14,25H2,1H3/q+1. The lowest BCUT2D eigenvalue weighted by molar-refractivity contribution is -0.646. The van der Waals surface area contributed by atoms with Gasteiger partial charge in [-0.15, -0.1) is 0 Å². The minimum atomic E-state index is 0.429. The molecule has 4 aliphatic rings. The summed E-state index contributed by atoms with van der Waals surface area (Å²) < 4.78 is 2.28.